The Bertz CT molecular complexity index is 994. The minimum Gasteiger partial charge on any atom is -0.369 e. The average molecular weight is 315 g/mol. The number of anilines is 2. The highest BCUT2D eigenvalue weighted by molar-refractivity contribution is 6.01. The van der Waals surface area contributed by atoms with E-state index in [9.17, 15) is 4.79 Å². The quantitative estimate of drug-likeness (QED) is 0.674. The lowest BCUT2D eigenvalue weighted by atomic mass is 10.1. The molecule has 0 bridgehead atoms. The standard InChI is InChI=1S/C20H17N3O/c1-3-14-12-19(24)22-16-9-6-8-15(20(16)21-14)18-11-13-7-4-5-10-17(13)23(18)2/h1,4-11,14,21H,12H2,2H3,(H,22,24)/t14-/m1/s1. The van der Waals surface area contributed by atoms with Crippen LogP contribution in [0.15, 0.2) is 48.5 Å². The lowest BCUT2D eigenvalue weighted by molar-refractivity contribution is -0.116. The van der Waals surface area contributed by atoms with Gasteiger partial charge in [0.25, 0.3) is 0 Å². The van der Waals surface area contributed by atoms with Gasteiger partial charge in [-0.1, -0.05) is 36.3 Å². The summed E-state index contributed by atoms with van der Waals surface area (Å²) in [5, 5.41) is 7.47. The summed E-state index contributed by atoms with van der Waals surface area (Å²) in [4.78, 5) is 12.0. The van der Waals surface area contributed by atoms with Gasteiger partial charge in [0.2, 0.25) is 5.91 Å². The molecule has 2 heterocycles. The average Bonchev–Trinajstić information content (AvgIpc) is 2.82. The third kappa shape index (κ3) is 2.22. The van der Waals surface area contributed by atoms with Gasteiger partial charge in [-0.15, -0.1) is 6.42 Å². The molecular weight excluding hydrogens is 298 g/mol. The maximum absolute atomic E-state index is 12.0. The molecule has 118 valence electrons. The lowest BCUT2D eigenvalue weighted by Gasteiger charge is -2.16. The number of nitrogens with one attached hydrogen (secondary N) is 2. The van der Waals surface area contributed by atoms with Crippen LogP contribution in [0.1, 0.15) is 6.42 Å². The highest BCUT2D eigenvalue weighted by Crippen LogP contribution is 2.38. The summed E-state index contributed by atoms with van der Waals surface area (Å²) in [5.41, 5.74) is 4.90. The molecule has 3 aromatic rings. The van der Waals surface area contributed by atoms with Crippen molar-refractivity contribution in [3.63, 3.8) is 0 Å². The van der Waals surface area contributed by atoms with Gasteiger partial charge in [-0.05, 0) is 18.2 Å². The topological polar surface area (TPSA) is 46.1 Å². The number of nitrogens with zero attached hydrogens (tertiary/aromatic N) is 1. The van der Waals surface area contributed by atoms with Gasteiger partial charge in [0, 0.05) is 23.5 Å². The Morgan fingerprint density at radius 2 is 2.04 bits per heavy atom. The fourth-order valence-electron chi connectivity index (χ4n) is 3.29. The number of carbonyl (C=O) groups excluding carboxylic acids is 1. The third-order valence-corrected chi connectivity index (χ3v) is 4.48. The van der Waals surface area contributed by atoms with Crippen LogP contribution in [0.25, 0.3) is 22.2 Å². The number of rotatable bonds is 1. The van der Waals surface area contributed by atoms with Crippen molar-refractivity contribution >= 4 is 28.2 Å². The molecule has 0 saturated heterocycles. The van der Waals surface area contributed by atoms with Crippen molar-refractivity contribution in [2.45, 2.75) is 12.5 Å². The zero-order valence-electron chi connectivity index (χ0n) is 13.3. The van der Waals surface area contributed by atoms with Gasteiger partial charge in [-0.3, -0.25) is 4.79 Å². The number of para-hydroxylation sites is 2. The molecule has 0 unspecified atom stereocenters. The zero-order chi connectivity index (χ0) is 16.7. The number of aryl methyl sites for hydroxylation is 1. The summed E-state index contributed by atoms with van der Waals surface area (Å²) in [6.07, 6.45) is 5.84. The van der Waals surface area contributed by atoms with E-state index < -0.39 is 0 Å². The van der Waals surface area contributed by atoms with Crippen LogP contribution in [0.3, 0.4) is 0 Å². The second-order valence-electron chi connectivity index (χ2n) is 5.99. The molecule has 4 nitrogen and oxygen atoms in total. The minimum atomic E-state index is -0.318. The summed E-state index contributed by atoms with van der Waals surface area (Å²) in [5.74, 6) is 2.59. The van der Waals surface area contributed by atoms with Crippen LogP contribution in [-0.2, 0) is 11.8 Å². The normalized spacial score (nSPS) is 16.7. The van der Waals surface area contributed by atoms with Crippen molar-refractivity contribution in [2.75, 3.05) is 10.6 Å². The first kappa shape index (κ1) is 14.4. The van der Waals surface area contributed by atoms with Gasteiger partial charge < -0.3 is 15.2 Å². The van der Waals surface area contributed by atoms with E-state index in [4.69, 9.17) is 6.42 Å². The van der Waals surface area contributed by atoms with Crippen molar-refractivity contribution in [1.29, 1.82) is 0 Å². The third-order valence-electron chi connectivity index (χ3n) is 4.48. The molecule has 0 fully saturated rings. The van der Waals surface area contributed by atoms with E-state index in [1.165, 1.54) is 5.39 Å². The van der Waals surface area contributed by atoms with Gasteiger partial charge in [0.05, 0.1) is 29.5 Å². The van der Waals surface area contributed by atoms with Crippen molar-refractivity contribution in [3.05, 3.63) is 48.5 Å². The van der Waals surface area contributed by atoms with E-state index in [1.54, 1.807) is 0 Å². The number of carbonyl (C=O) groups is 1. The molecule has 4 heteroatoms. The van der Waals surface area contributed by atoms with Crippen LogP contribution < -0.4 is 10.6 Å². The molecule has 0 radical (unpaired) electrons. The van der Waals surface area contributed by atoms with Crippen LogP contribution in [0, 0.1) is 12.3 Å². The summed E-state index contributed by atoms with van der Waals surface area (Å²) < 4.78 is 2.16. The number of fused-ring (bicyclic) bond motifs is 2. The number of hydrogen-bond donors (Lipinski definition) is 2. The Morgan fingerprint density at radius 1 is 1.21 bits per heavy atom. The van der Waals surface area contributed by atoms with E-state index in [0.717, 1.165) is 28.1 Å². The molecule has 1 amide bonds. The fourth-order valence-corrected chi connectivity index (χ4v) is 3.29. The first-order chi connectivity index (χ1) is 11.7. The first-order valence-corrected chi connectivity index (χ1v) is 7.88. The Balaban J connectivity index is 1.93. The summed E-state index contributed by atoms with van der Waals surface area (Å²) in [6, 6.07) is 16.0. The smallest absolute Gasteiger partial charge is 0.227 e. The zero-order valence-corrected chi connectivity index (χ0v) is 13.3. The first-order valence-electron chi connectivity index (χ1n) is 7.88. The molecule has 2 aromatic carbocycles. The Hall–Kier alpha value is -3.19. The van der Waals surface area contributed by atoms with Crippen LogP contribution >= 0.6 is 0 Å². The number of hydrogen-bond acceptors (Lipinski definition) is 2. The van der Waals surface area contributed by atoms with Crippen molar-refractivity contribution in [2.24, 2.45) is 7.05 Å². The van der Waals surface area contributed by atoms with Crippen molar-refractivity contribution < 1.29 is 4.79 Å². The van der Waals surface area contributed by atoms with Gasteiger partial charge in [-0.2, -0.15) is 0 Å². The van der Waals surface area contributed by atoms with E-state index >= 15 is 0 Å². The number of amides is 1. The lowest BCUT2D eigenvalue weighted by Crippen LogP contribution is -2.20. The second-order valence-corrected chi connectivity index (χ2v) is 5.99. The van der Waals surface area contributed by atoms with Crippen molar-refractivity contribution in [1.82, 2.24) is 4.57 Å². The Morgan fingerprint density at radius 3 is 2.83 bits per heavy atom. The molecule has 1 aliphatic rings. The fraction of sp³-hybridized carbons (Fsp3) is 0.150. The highest BCUT2D eigenvalue weighted by Gasteiger charge is 2.22. The summed E-state index contributed by atoms with van der Waals surface area (Å²) >= 11 is 0. The van der Waals surface area contributed by atoms with Crippen LogP contribution in [0.4, 0.5) is 11.4 Å². The minimum absolute atomic E-state index is 0.0709. The monoisotopic (exact) mass is 315 g/mol. The van der Waals surface area contributed by atoms with Crippen LogP contribution in [-0.4, -0.2) is 16.5 Å². The summed E-state index contributed by atoms with van der Waals surface area (Å²) in [7, 11) is 2.05. The molecule has 0 spiro atoms. The Labute approximate surface area is 140 Å². The highest BCUT2D eigenvalue weighted by atomic mass is 16.1. The molecule has 1 atom stereocenters. The van der Waals surface area contributed by atoms with E-state index in [1.807, 2.05) is 37.4 Å². The molecule has 1 aromatic heterocycles. The molecule has 1 aliphatic heterocycles. The van der Waals surface area contributed by atoms with Gasteiger partial charge in [0.15, 0.2) is 0 Å². The van der Waals surface area contributed by atoms with Gasteiger partial charge >= 0.3 is 0 Å². The number of benzene rings is 2. The molecular formula is C20H17N3O. The molecule has 4 rings (SSSR count). The number of aromatic nitrogens is 1. The van der Waals surface area contributed by atoms with Gasteiger partial charge in [0.1, 0.15) is 0 Å². The maximum atomic E-state index is 12.0. The molecule has 24 heavy (non-hydrogen) atoms. The van der Waals surface area contributed by atoms with Crippen molar-refractivity contribution in [3.8, 4) is 23.6 Å². The predicted molar refractivity (Wildman–Crippen MR) is 97.8 cm³/mol. The van der Waals surface area contributed by atoms with E-state index in [2.05, 4.69) is 39.3 Å². The molecule has 0 aliphatic carbocycles. The Kier molecular flexibility index (Phi) is 3.28. The van der Waals surface area contributed by atoms with Crippen LogP contribution in [0.2, 0.25) is 0 Å². The molecule has 0 saturated carbocycles. The second kappa shape index (κ2) is 5.47. The number of terminal acetylenes is 1. The molecule has 2 N–H and O–H groups in total. The largest absolute Gasteiger partial charge is 0.369 e. The maximum Gasteiger partial charge on any atom is 0.227 e. The predicted octanol–water partition coefficient (Wildman–Crippen LogP) is 3.60. The SMILES string of the molecule is C#C[C@@H]1CC(=O)Nc2cccc(-c3cc4ccccc4n3C)c2N1. The summed E-state index contributed by atoms with van der Waals surface area (Å²) in [6.45, 7) is 0. The van der Waals surface area contributed by atoms with E-state index in [-0.39, 0.29) is 18.4 Å². The van der Waals surface area contributed by atoms with Crippen LogP contribution in [0.5, 0.6) is 0 Å². The van der Waals surface area contributed by atoms with Gasteiger partial charge in [-0.25, -0.2) is 0 Å². The van der Waals surface area contributed by atoms with E-state index in [0.29, 0.717) is 0 Å².